The molecule has 0 radical (unpaired) electrons. The third-order valence-corrected chi connectivity index (χ3v) is 5.62. The van der Waals surface area contributed by atoms with E-state index in [0.29, 0.717) is 44.9 Å². The van der Waals surface area contributed by atoms with Crippen LogP contribution >= 0.6 is 0 Å². The summed E-state index contributed by atoms with van der Waals surface area (Å²) < 4.78 is 17.9. The van der Waals surface area contributed by atoms with Gasteiger partial charge in [-0.1, -0.05) is 24.3 Å². The van der Waals surface area contributed by atoms with Crippen LogP contribution in [-0.4, -0.2) is 29.0 Å². The Hall–Kier alpha value is -3.51. The van der Waals surface area contributed by atoms with Gasteiger partial charge in [0.15, 0.2) is 5.58 Å². The molecule has 2 N–H and O–H groups in total. The van der Waals surface area contributed by atoms with E-state index in [1.54, 1.807) is 19.1 Å². The molecule has 1 atom stereocenters. The van der Waals surface area contributed by atoms with Crippen LogP contribution in [0.3, 0.4) is 0 Å². The van der Waals surface area contributed by atoms with Gasteiger partial charge in [-0.2, -0.15) is 0 Å². The number of ether oxygens (including phenoxy) is 2. The summed E-state index contributed by atoms with van der Waals surface area (Å²) in [6.45, 7) is 9.43. The molecule has 0 saturated heterocycles. The van der Waals surface area contributed by atoms with Crippen molar-refractivity contribution in [1.82, 2.24) is 0 Å². The first-order valence-corrected chi connectivity index (χ1v) is 10.3. The average molecular weight is 434 g/mol. The molecule has 32 heavy (non-hydrogen) atoms. The largest absolute Gasteiger partial charge is 0.508 e. The zero-order chi connectivity index (χ0) is 23.2. The molecule has 6 nitrogen and oxygen atoms in total. The molecule has 2 aromatic carbocycles. The van der Waals surface area contributed by atoms with Crippen molar-refractivity contribution in [2.75, 3.05) is 7.11 Å². The molecule has 0 saturated carbocycles. The summed E-state index contributed by atoms with van der Waals surface area (Å²) in [5, 5.41) is 20.4. The van der Waals surface area contributed by atoms with Gasteiger partial charge in [-0.15, -0.1) is 0 Å². The highest BCUT2D eigenvalue weighted by atomic mass is 16.5. The van der Waals surface area contributed by atoms with Crippen LogP contribution in [0.5, 0.6) is 17.2 Å². The normalized spacial score (nSPS) is 15.2. The zero-order valence-corrected chi connectivity index (χ0v) is 18.6. The van der Waals surface area contributed by atoms with Gasteiger partial charge in [0.2, 0.25) is 5.43 Å². The van der Waals surface area contributed by atoms with Crippen LogP contribution in [0, 0.1) is 0 Å². The van der Waals surface area contributed by atoms with Gasteiger partial charge in [0.05, 0.1) is 24.3 Å². The minimum atomic E-state index is -0.838. The van der Waals surface area contributed by atoms with E-state index in [4.69, 9.17) is 13.9 Å². The van der Waals surface area contributed by atoms with Gasteiger partial charge < -0.3 is 24.1 Å². The van der Waals surface area contributed by atoms with Crippen molar-refractivity contribution in [3.05, 3.63) is 70.1 Å². The van der Waals surface area contributed by atoms with Crippen molar-refractivity contribution < 1.29 is 24.1 Å². The Bertz CT molecular complexity index is 1290. The molecule has 0 fully saturated rings. The zero-order valence-electron chi connectivity index (χ0n) is 18.6. The van der Waals surface area contributed by atoms with Gasteiger partial charge in [-0.3, -0.25) is 4.79 Å². The first kappa shape index (κ1) is 21.7. The van der Waals surface area contributed by atoms with Crippen LogP contribution in [0.2, 0.25) is 0 Å². The van der Waals surface area contributed by atoms with Crippen LogP contribution in [-0.2, 0) is 6.42 Å². The fourth-order valence-electron chi connectivity index (χ4n) is 3.86. The number of hydrogen-bond acceptors (Lipinski definition) is 6. The average Bonchev–Trinajstić information content (AvgIpc) is 2.74. The Kier molecular flexibility index (Phi) is 5.34. The fraction of sp³-hybridized carbons (Fsp3) is 0.269. The Morgan fingerprint density at radius 1 is 1.25 bits per heavy atom. The SMILES string of the molecule is C=C(C)[C@H](O)Cc1c2c(c3occ(-c4ccc(O)cc4)c(=O)c3c1OC)C=CC(C)(C)O2. The second-order valence-electron chi connectivity index (χ2n) is 8.59. The third-order valence-electron chi connectivity index (χ3n) is 5.62. The second kappa shape index (κ2) is 7.88. The molecule has 4 rings (SSSR count). The summed E-state index contributed by atoms with van der Waals surface area (Å²) in [6, 6.07) is 6.32. The number of phenols is 1. The predicted octanol–water partition coefficient (Wildman–Crippen LogP) is 4.84. The molecular weight excluding hydrogens is 408 g/mol. The Labute approximate surface area is 186 Å². The summed E-state index contributed by atoms with van der Waals surface area (Å²) in [5.74, 6) is 0.925. The highest BCUT2D eigenvalue weighted by molar-refractivity contribution is 5.97. The van der Waals surface area contributed by atoms with E-state index >= 15 is 0 Å². The maximum Gasteiger partial charge on any atom is 0.204 e. The molecule has 1 aromatic heterocycles. The van der Waals surface area contributed by atoms with Crippen molar-refractivity contribution >= 4 is 17.0 Å². The van der Waals surface area contributed by atoms with Crippen molar-refractivity contribution in [2.24, 2.45) is 0 Å². The highest BCUT2D eigenvalue weighted by Gasteiger charge is 2.32. The van der Waals surface area contributed by atoms with E-state index in [-0.39, 0.29) is 23.0 Å². The molecular formula is C26H26O6. The summed E-state index contributed by atoms with van der Waals surface area (Å²) in [7, 11) is 1.48. The standard InChI is InChI=1S/C26H26O6/c1-14(2)20(28)12-18-23-17(10-11-26(3,4)32-23)25-21(24(18)30-5)22(29)19(13-31-25)15-6-8-16(27)9-7-15/h6-11,13,20,27-28H,1,12H2,2-5H3/t20-/m1/s1. The molecule has 0 amide bonds. The lowest BCUT2D eigenvalue weighted by Crippen LogP contribution is -2.29. The van der Waals surface area contributed by atoms with Crippen molar-refractivity contribution in [2.45, 2.75) is 38.9 Å². The second-order valence-corrected chi connectivity index (χ2v) is 8.59. The summed E-state index contributed by atoms with van der Waals surface area (Å²) in [5.41, 5.74) is 2.23. The fourth-order valence-corrected chi connectivity index (χ4v) is 3.86. The van der Waals surface area contributed by atoms with Crippen LogP contribution in [0.1, 0.15) is 31.9 Å². The lowest BCUT2D eigenvalue weighted by atomic mass is 9.92. The molecule has 0 spiro atoms. The van der Waals surface area contributed by atoms with E-state index in [9.17, 15) is 15.0 Å². The topological polar surface area (TPSA) is 89.1 Å². The van der Waals surface area contributed by atoms with Gasteiger partial charge >= 0.3 is 0 Å². The summed E-state index contributed by atoms with van der Waals surface area (Å²) >= 11 is 0. The van der Waals surface area contributed by atoms with Crippen LogP contribution < -0.4 is 14.9 Å². The maximum absolute atomic E-state index is 13.6. The number of benzene rings is 2. The molecule has 1 aliphatic rings. The number of methoxy groups -OCH3 is 1. The summed E-state index contributed by atoms with van der Waals surface area (Å²) in [4.78, 5) is 13.6. The first-order valence-electron chi connectivity index (χ1n) is 10.3. The highest BCUT2D eigenvalue weighted by Crippen LogP contribution is 2.45. The third kappa shape index (κ3) is 3.67. The molecule has 6 heteroatoms. The van der Waals surface area contributed by atoms with Crippen LogP contribution in [0.15, 0.2) is 58.0 Å². The van der Waals surface area contributed by atoms with E-state index < -0.39 is 11.7 Å². The van der Waals surface area contributed by atoms with Gasteiger partial charge in [0.25, 0.3) is 0 Å². The van der Waals surface area contributed by atoms with Crippen LogP contribution in [0.4, 0.5) is 0 Å². The van der Waals surface area contributed by atoms with E-state index in [0.717, 1.165) is 0 Å². The van der Waals surface area contributed by atoms with E-state index in [2.05, 4.69) is 6.58 Å². The van der Waals surface area contributed by atoms with E-state index in [1.807, 2.05) is 26.0 Å². The van der Waals surface area contributed by atoms with Crippen LogP contribution in [0.25, 0.3) is 28.2 Å². The van der Waals surface area contributed by atoms with Gasteiger partial charge in [-0.05, 0) is 50.6 Å². The molecule has 0 bridgehead atoms. The van der Waals surface area contributed by atoms with Crippen molar-refractivity contribution in [3.8, 4) is 28.4 Å². The maximum atomic E-state index is 13.6. The lowest BCUT2D eigenvalue weighted by Gasteiger charge is -2.31. The lowest BCUT2D eigenvalue weighted by molar-refractivity contribution is 0.153. The number of fused-ring (bicyclic) bond motifs is 3. The quantitative estimate of drug-likeness (QED) is 0.559. The van der Waals surface area contributed by atoms with Crippen molar-refractivity contribution in [1.29, 1.82) is 0 Å². The number of phenolic OH excluding ortho intramolecular Hbond substituents is 1. The molecule has 3 aromatic rings. The number of aromatic hydroxyl groups is 1. The molecule has 0 aliphatic carbocycles. The Morgan fingerprint density at radius 3 is 2.56 bits per heavy atom. The number of aliphatic hydroxyl groups excluding tert-OH is 1. The molecule has 1 aliphatic heterocycles. The van der Waals surface area contributed by atoms with Gasteiger partial charge in [0.1, 0.15) is 34.5 Å². The van der Waals surface area contributed by atoms with Crippen molar-refractivity contribution in [3.63, 3.8) is 0 Å². The van der Waals surface area contributed by atoms with Gasteiger partial charge in [0, 0.05) is 12.0 Å². The summed E-state index contributed by atoms with van der Waals surface area (Å²) in [6.07, 6.45) is 4.51. The molecule has 0 unspecified atom stereocenters. The first-order chi connectivity index (χ1) is 15.1. The number of rotatable bonds is 5. The minimum Gasteiger partial charge on any atom is -0.508 e. The van der Waals surface area contributed by atoms with Gasteiger partial charge in [-0.25, -0.2) is 0 Å². The monoisotopic (exact) mass is 434 g/mol. The molecule has 2 heterocycles. The molecule has 166 valence electrons. The smallest absolute Gasteiger partial charge is 0.204 e. The van der Waals surface area contributed by atoms with E-state index in [1.165, 1.54) is 25.5 Å². The minimum absolute atomic E-state index is 0.103. The predicted molar refractivity (Wildman–Crippen MR) is 124 cm³/mol. The number of aliphatic hydroxyl groups is 1. The number of hydrogen-bond donors (Lipinski definition) is 2. The Morgan fingerprint density at radius 2 is 1.94 bits per heavy atom. The Balaban J connectivity index is 2.07.